The molecule has 1 aromatic rings. The van der Waals surface area contributed by atoms with E-state index in [1.807, 2.05) is 12.1 Å². The Morgan fingerprint density at radius 1 is 1.36 bits per heavy atom. The summed E-state index contributed by atoms with van der Waals surface area (Å²) in [7, 11) is 1.55. The van der Waals surface area contributed by atoms with E-state index in [4.69, 9.17) is 11.2 Å². The maximum atomic E-state index is 12.9. The first-order valence-corrected chi connectivity index (χ1v) is 9.66. The molecule has 2 aliphatic rings. The van der Waals surface area contributed by atoms with Gasteiger partial charge in [-0.25, -0.2) is 0 Å². The number of hydrogen-bond acceptors (Lipinski definition) is 5. The number of piperidine rings is 1. The molecular formula is C21H26N4O3. The van der Waals surface area contributed by atoms with Crippen LogP contribution in [0.3, 0.4) is 0 Å². The number of ether oxygens (including phenoxy) is 1. The highest BCUT2D eigenvalue weighted by molar-refractivity contribution is 5.97. The van der Waals surface area contributed by atoms with Crippen LogP contribution in [0, 0.1) is 18.3 Å². The van der Waals surface area contributed by atoms with Crippen molar-refractivity contribution in [1.29, 1.82) is 0 Å². The maximum Gasteiger partial charge on any atom is 0.257 e. The Kier molecular flexibility index (Phi) is 6.30. The summed E-state index contributed by atoms with van der Waals surface area (Å²) < 4.78 is 5.29. The molecule has 7 nitrogen and oxygen atoms in total. The second kappa shape index (κ2) is 8.87. The average molecular weight is 382 g/mol. The summed E-state index contributed by atoms with van der Waals surface area (Å²) >= 11 is 0. The number of benzene rings is 1. The van der Waals surface area contributed by atoms with Crippen molar-refractivity contribution in [2.75, 3.05) is 26.7 Å². The van der Waals surface area contributed by atoms with Gasteiger partial charge < -0.3 is 15.0 Å². The van der Waals surface area contributed by atoms with Gasteiger partial charge in [0.1, 0.15) is 5.75 Å². The van der Waals surface area contributed by atoms with Crippen LogP contribution < -0.4 is 10.1 Å². The Hall–Kier alpha value is -2.88. The molecule has 2 aliphatic heterocycles. The minimum Gasteiger partial charge on any atom is -0.496 e. The van der Waals surface area contributed by atoms with Gasteiger partial charge in [0, 0.05) is 38.9 Å². The monoisotopic (exact) mass is 382 g/mol. The van der Waals surface area contributed by atoms with Crippen LogP contribution in [0.2, 0.25) is 0 Å². The quantitative estimate of drug-likeness (QED) is 0.702. The second-order valence-corrected chi connectivity index (χ2v) is 7.22. The first-order valence-electron chi connectivity index (χ1n) is 9.66. The van der Waals surface area contributed by atoms with Crippen molar-refractivity contribution in [1.82, 2.24) is 10.2 Å². The summed E-state index contributed by atoms with van der Waals surface area (Å²) in [5.74, 6) is 2.82. The Labute approximate surface area is 165 Å². The Morgan fingerprint density at radius 2 is 2.14 bits per heavy atom. The fourth-order valence-electron chi connectivity index (χ4n) is 3.57. The van der Waals surface area contributed by atoms with Crippen LogP contribution in [-0.2, 0) is 4.79 Å². The second-order valence-electron chi connectivity index (χ2n) is 7.22. The summed E-state index contributed by atoms with van der Waals surface area (Å²) in [6.07, 6.45) is 8.89. The molecule has 0 bridgehead atoms. The number of rotatable bonds is 8. The molecule has 1 atom stereocenters. The minimum atomic E-state index is -0.391. The van der Waals surface area contributed by atoms with Crippen molar-refractivity contribution in [3.8, 4) is 18.1 Å². The highest BCUT2D eigenvalue weighted by atomic mass is 16.5. The summed E-state index contributed by atoms with van der Waals surface area (Å²) in [6, 6.07) is 7.17. The fraction of sp³-hybridized carbons (Fsp3) is 0.524. The molecule has 7 heteroatoms. The van der Waals surface area contributed by atoms with Gasteiger partial charge in [0.05, 0.1) is 18.6 Å². The number of amides is 2. The third-order valence-electron chi connectivity index (χ3n) is 5.29. The van der Waals surface area contributed by atoms with Gasteiger partial charge in [-0.1, -0.05) is 12.1 Å². The lowest BCUT2D eigenvalue weighted by atomic mass is 9.96. The molecule has 0 aliphatic carbocycles. The van der Waals surface area contributed by atoms with E-state index in [-0.39, 0.29) is 17.7 Å². The Bertz CT molecular complexity index is 793. The lowest BCUT2D eigenvalue weighted by Crippen LogP contribution is -2.46. The third kappa shape index (κ3) is 4.69. The molecule has 28 heavy (non-hydrogen) atoms. The van der Waals surface area contributed by atoms with Crippen LogP contribution >= 0.6 is 0 Å². The molecule has 1 unspecified atom stereocenters. The molecule has 0 radical (unpaired) electrons. The first-order chi connectivity index (χ1) is 13.6. The Morgan fingerprint density at radius 3 is 2.86 bits per heavy atom. The van der Waals surface area contributed by atoms with Gasteiger partial charge >= 0.3 is 0 Å². The standard InChI is InChI=1S/C21H26N4O3/c1-3-4-11-21(23-24-21)12-13-22-19(26)16-8-7-14-25(15-16)20(27)17-9-5-6-10-18(17)28-2/h1,5-6,9-10,16H,4,7-8,11-15H2,2H3,(H,22,26). The van der Waals surface area contributed by atoms with Gasteiger partial charge in [0.15, 0.2) is 5.66 Å². The van der Waals surface area contributed by atoms with Gasteiger partial charge in [0.2, 0.25) is 5.91 Å². The maximum absolute atomic E-state index is 12.9. The zero-order valence-electron chi connectivity index (χ0n) is 16.2. The zero-order valence-corrected chi connectivity index (χ0v) is 16.2. The molecular weight excluding hydrogens is 356 g/mol. The molecule has 1 aromatic carbocycles. The number of nitrogens with zero attached hydrogens (tertiary/aromatic N) is 3. The number of carbonyl (C=O) groups is 2. The van der Waals surface area contributed by atoms with Gasteiger partial charge in [-0.2, -0.15) is 10.2 Å². The summed E-state index contributed by atoms with van der Waals surface area (Å²) in [4.78, 5) is 27.2. The zero-order chi connectivity index (χ0) is 20.0. The van der Waals surface area contributed by atoms with E-state index in [0.29, 0.717) is 43.8 Å². The lowest BCUT2D eigenvalue weighted by molar-refractivity contribution is -0.126. The molecule has 1 saturated heterocycles. The van der Waals surface area contributed by atoms with E-state index >= 15 is 0 Å². The number of terminal acetylenes is 1. The van der Waals surface area contributed by atoms with Crippen LogP contribution in [0.15, 0.2) is 34.5 Å². The van der Waals surface area contributed by atoms with E-state index in [1.54, 1.807) is 24.1 Å². The van der Waals surface area contributed by atoms with Crippen LogP contribution in [0.4, 0.5) is 0 Å². The number of carbonyl (C=O) groups excluding carboxylic acids is 2. The molecule has 2 amide bonds. The molecule has 148 valence electrons. The van der Waals surface area contributed by atoms with Gasteiger partial charge in [-0.05, 0) is 25.0 Å². The van der Waals surface area contributed by atoms with E-state index < -0.39 is 5.66 Å². The SMILES string of the molecule is C#CCCC1(CCNC(=O)C2CCCN(C(=O)c3ccccc3OC)C2)N=N1. The van der Waals surface area contributed by atoms with Gasteiger partial charge in [0.25, 0.3) is 5.91 Å². The van der Waals surface area contributed by atoms with Crippen LogP contribution in [0.25, 0.3) is 0 Å². The van der Waals surface area contributed by atoms with Crippen molar-refractivity contribution in [2.45, 2.75) is 37.8 Å². The molecule has 1 N–H and O–H groups in total. The van der Waals surface area contributed by atoms with E-state index in [2.05, 4.69) is 21.5 Å². The van der Waals surface area contributed by atoms with Crippen molar-refractivity contribution in [3.63, 3.8) is 0 Å². The molecule has 3 rings (SSSR count). The molecule has 0 spiro atoms. The number of nitrogens with one attached hydrogen (secondary N) is 1. The average Bonchev–Trinajstić information content (AvgIpc) is 3.51. The van der Waals surface area contributed by atoms with Crippen molar-refractivity contribution < 1.29 is 14.3 Å². The smallest absolute Gasteiger partial charge is 0.257 e. The fourth-order valence-corrected chi connectivity index (χ4v) is 3.57. The molecule has 0 aromatic heterocycles. The summed E-state index contributed by atoms with van der Waals surface area (Å²) in [5.41, 5.74) is 0.136. The Balaban J connectivity index is 1.51. The number of para-hydroxylation sites is 1. The lowest BCUT2D eigenvalue weighted by Gasteiger charge is -2.32. The van der Waals surface area contributed by atoms with Gasteiger partial charge in [-0.15, -0.1) is 12.3 Å². The van der Waals surface area contributed by atoms with Crippen LogP contribution in [0.5, 0.6) is 5.75 Å². The summed E-state index contributed by atoms with van der Waals surface area (Å²) in [5, 5.41) is 11.1. The number of hydrogen-bond donors (Lipinski definition) is 1. The van der Waals surface area contributed by atoms with Crippen molar-refractivity contribution in [3.05, 3.63) is 29.8 Å². The highest BCUT2D eigenvalue weighted by Gasteiger charge is 2.39. The van der Waals surface area contributed by atoms with Crippen LogP contribution in [-0.4, -0.2) is 49.1 Å². The predicted molar refractivity (Wildman–Crippen MR) is 105 cm³/mol. The number of likely N-dealkylation sites (tertiary alicyclic amines) is 1. The minimum absolute atomic E-state index is 0.0229. The van der Waals surface area contributed by atoms with E-state index in [1.165, 1.54) is 0 Å². The normalized spacial score (nSPS) is 19.6. The molecule has 1 fully saturated rings. The molecule has 2 heterocycles. The number of methoxy groups -OCH3 is 1. The van der Waals surface area contributed by atoms with E-state index in [0.717, 1.165) is 19.3 Å². The van der Waals surface area contributed by atoms with Crippen molar-refractivity contribution >= 4 is 11.8 Å². The van der Waals surface area contributed by atoms with E-state index in [9.17, 15) is 9.59 Å². The topological polar surface area (TPSA) is 83.4 Å². The molecule has 0 saturated carbocycles. The first kappa shape index (κ1) is 19.9. The van der Waals surface area contributed by atoms with Gasteiger partial charge in [-0.3, -0.25) is 9.59 Å². The van der Waals surface area contributed by atoms with Crippen LogP contribution in [0.1, 0.15) is 42.5 Å². The third-order valence-corrected chi connectivity index (χ3v) is 5.29. The largest absolute Gasteiger partial charge is 0.496 e. The highest BCUT2D eigenvalue weighted by Crippen LogP contribution is 2.36. The van der Waals surface area contributed by atoms with Crippen molar-refractivity contribution in [2.24, 2.45) is 16.1 Å². The summed E-state index contributed by atoms with van der Waals surface area (Å²) in [6.45, 7) is 1.57. The predicted octanol–water partition coefficient (Wildman–Crippen LogP) is 2.63.